The number of rotatable bonds is 5. The van der Waals surface area contributed by atoms with Crippen LogP contribution in [0.25, 0.3) is 0 Å². The minimum absolute atomic E-state index is 0.105. The third-order valence-electron chi connectivity index (χ3n) is 2.23. The van der Waals surface area contributed by atoms with E-state index in [1.165, 1.54) is 11.8 Å². The van der Waals surface area contributed by atoms with Gasteiger partial charge in [-0.2, -0.15) is 0 Å². The summed E-state index contributed by atoms with van der Waals surface area (Å²) in [6.07, 6.45) is 2.55. The molecule has 1 amide bonds. The topological polar surface area (TPSA) is 84.8 Å². The van der Waals surface area contributed by atoms with Crippen molar-refractivity contribution in [3.63, 3.8) is 0 Å². The van der Waals surface area contributed by atoms with Gasteiger partial charge in [-0.15, -0.1) is 5.10 Å². The van der Waals surface area contributed by atoms with Gasteiger partial charge in [0.25, 0.3) is 5.82 Å². The first kappa shape index (κ1) is 14.0. The zero-order chi connectivity index (χ0) is 13.7. The number of hydrogen-bond acceptors (Lipinski definition) is 4. The Balaban J connectivity index is 1.82. The molecule has 2 aromatic heterocycles. The number of amides is 1. The number of aromatic nitrogens is 4. The maximum Gasteiger partial charge on any atom is 0.317 e. The van der Waals surface area contributed by atoms with E-state index in [1.54, 1.807) is 12.3 Å². The van der Waals surface area contributed by atoms with Crippen LogP contribution in [0.5, 0.6) is 0 Å². The van der Waals surface area contributed by atoms with Gasteiger partial charge >= 0.3 is 5.91 Å². The molecule has 2 rings (SSSR count). The molecule has 100 valence electrons. The predicted octanol–water partition coefficient (Wildman–Crippen LogP) is 1.67. The number of aromatic amines is 2. The monoisotopic (exact) mass is 342 g/mol. The van der Waals surface area contributed by atoms with E-state index in [9.17, 15) is 4.79 Å². The minimum atomic E-state index is -0.105. The van der Waals surface area contributed by atoms with Crippen LogP contribution in [-0.4, -0.2) is 26.8 Å². The molecule has 0 unspecified atom stereocenters. The molecule has 0 aliphatic rings. The summed E-state index contributed by atoms with van der Waals surface area (Å²) in [5.41, 5.74) is 0. The fraction of sp³-hybridized carbons (Fsp3) is 0.273. The highest BCUT2D eigenvalue weighted by Crippen LogP contribution is 2.13. The first-order valence-corrected chi connectivity index (χ1v) is 7.46. The number of aryl methyl sites for hydroxylation is 1. The Morgan fingerprint density at radius 2 is 2.42 bits per heavy atom. The van der Waals surface area contributed by atoms with E-state index < -0.39 is 0 Å². The van der Waals surface area contributed by atoms with Crippen molar-refractivity contribution < 1.29 is 9.78 Å². The third kappa shape index (κ3) is 4.32. The van der Waals surface area contributed by atoms with Crippen LogP contribution in [0.3, 0.4) is 0 Å². The zero-order valence-corrected chi connectivity index (χ0v) is 12.6. The molecular weight excluding hydrogens is 330 g/mol. The van der Waals surface area contributed by atoms with E-state index in [0.717, 1.165) is 16.7 Å². The smallest absolute Gasteiger partial charge is 0.262 e. The Bertz CT molecular complexity index is 556. The van der Waals surface area contributed by atoms with E-state index in [2.05, 4.69) is 41.4 Å². The number of pyridine rings is 1. The number of hydrogen-bond donors (Lipinski definition) is 2. The van der Waals surface area contributed by atoms with Crippen molar-refractivity contribution in [2.75, 3.05) is 11.1 Å². The van der Waals surface area contributed by atoms with Gasteiger partial charge in [0.1, 0.15) is 17.8 Å². The number of thioether (sulfide) groups is 1. The maximum absolute atomic E-state index is 11.7. The van der Waals surface area contributed by atoms with E-state index in [0.29, 0.717) is 11.0 Å². The van der Waals surface area contributed by atoms with Gasteiger partial charge in [-0.3, -0.25) is 5.10 Å². The summed E-state index contributed by atoms with van der Waals surface area (Å²) in [5, 5.41) is 10.2. The summed E-state index contributed by atoms with van der Waals surface area (Å²) in [6.45, 7) is 1.99. The van der Waals surface area contributed by atoms with Crippen LogP contribution in [-0.2, 0) is 11.2 Å². The molecule has 0 aliphatic heterocycles. The third-order valence-corrected chi connectivity index (χ3v) is 3.57. The van der Waals surface area contributed by atoms with Crippen molar-refractivity contribution in [2.45, 2.75) is 18.5 Å². The standard InChI is InChI=1S/C11H12BrN5OS/c1-2-8-15-11(17-16-8)19-6-10(18)14-9-4-3-7(12)5-13-9/h3-5H,2,6H2,1H3,(H,13,14,18)(H,15,16,17)/p+1. The van der Waals surface area contributed by atoms with Crippen LogP contribution in [0, 0.1) is 0 Å². The summed E-state index contributed by atoms with van der Waals surface area (Å²) in [6, 6.07) is 3.64. The summed E-state index contributed by atoms with van der Waals surface area (Å²) in [5.74, 6) is 1.64. The highest BCUT2D eigenvalue weighted by atomic mass is 79.9. The second-order valence-corrected chi connectivity index (χ2v) is 5.53. The van der Waals surface area contributed by atoms with Gasteiger partial charge in [-0.05, 0) is 22.0 Å². The van der Waals surface area contributed by atoms with Crippen LogP contribution in [0.2, 0.25) is 0 Å². The Morgan fingerprint density at radius 1 is 1.58 bits per heavy atom. The van der Waals surface area contributed by atoms with E-state index in [1.807, 2.05) is 13.0 Å². The molecule has 19 heavy (non-hydrogen) atoms. The summed E-state index contributed by atoms with van der Waals surface area (Å²) < 4.78 is 0.924. The van der Waals surface area contributed by atoms with Crippen LogP contribution in [0.15, 0.2) is 28.0 Å². The number of nitrogens with one attached hydrogen (secondary N) is 3. The lowest BCUT2D eigenvalue weighted by atomic mass is 10.4. The van der Waals surface area contributed by atoms with Gasteiger partial charge in [0.05, 0.1) is 4.47 Å². The molecule has 0 radical (unpaired) electrons. The van der Waals surface area contributed by atoms with Crippen molar-refractivity contribution in [3.8, 4) is 0 Å². The van der Waals surface area contributed by atoms with E-state index >= 15 is 0 Å². The SMILES string of the molecule is CCc1nc(SCC(=O)Nc2ccc(Br)c[nH+]2)n[nH]1. The lowest BCUT2D eigenvalue weighted by Crippen LogP contribution is -2.20. The Morgan fingerprint density at radius 3 is 3.05 bits per heavy atom. The van der Waals surface area contributed by atoms with Crippen LogP contribution >= 0.6 is 27.7 Å². The van der Waals surface area contributed by atoms with Crippen molar-refractivity contribution in [1.29, 1.82) is 0 Å². The van der Waals surface area contributed by atoms with Gasteiger partial charge in [0, 0.05) is 12.5 Å². The average Bonchev–Trinajstić information content (AvgIpc) is 2.87. The number of H-pyrrole nitrogens is 2. The van der Waals surface area contributed by atoms with Gasteiger partial charge in [-0.1, -0.05) is 18.7 Å². The largest absolute Gasteiger partial charge is 0.317 e. The molecule has 0 spiro atoms. The van der Waals surface area contributed by atoms with Gasteiger partial charge in [-0.25, -0.2) is 20.1 Å². The minimum Gasteiger partial charge on any atom is -0.262 e. The molecule has 0 saturated carbocycles. The van der Waals surface area contributed by atoms with Gasteiger partial charge in [0.2, 0.25) is 5.16 Å². The lowest BCUT2D eigenvalue weighted by Gasteiger charge is -1.96. The molecule has 0 atom stereocenters. The quantitative estimate of drug-likeness (QED) is 0.809. The van der Waals surface area contributed by atoms with Crippen molar-refractivity contribution >= 4 is 39.4 Å². The number of nitrogens with zero attached hydrogens (tertiary/aromatic N) is 2. The second-order valence-electron chi connectivity index (χ2n) is 3.68. The second kappa shape index (κ2) is 6.67. The molecule has 8 heteroatoms. The molecule has 0 fully saturated rings. The van der Waals surface area contributed by atoms with Crippen LogP contribution in [0.4, 0.5) is 5.82 Å². The molecule has 0 bridgehead atoms. The van der Waals surface area contributed by atoms with E-state index in [-0.39, 0.29) is 11.7 Å². The summed E-state index contributed by atoms with van der Waals surface area (Å²) >= 11 is 4.61. The normalized spacial score (nSPS) is 10.4. The van der Waals surface area contributed by atoms with Crippen molar-refractivity contribution in [1.82, 2.24) is 15.2 Å². The number of carbonyl (C=O) groups excluding carboxylic acids is 1. The maximum atomic E-state index is 11.7. The van der Waals surface area contributed by atoms with E-state index in [4.69, 9.17) is 0 Å². The first-order chi connectivity index (χ1) is 9.17. The van der Waals surface area contributed by atoms with Crippen molar-refractivity contribution in [2.24, 2.45) is 0 Å². The predicted molar refractivity (Wildman–Crippen MR) is 75.8 cm³/mol. The first-order valence-electron chi connectivity index (χ1n) is 5.68. The number of anilines is 1. The molecule has 2 heterocycles. The highest BCUT2D eigenvalue weighted by molar-refractivity contribution is 9.10. The number of carbonyl (C=O) groups is 1. The number of halogens is 1. The molecule has 0 saturated heterocycles. The van der Waals surface area contributed by atoms with Gasteiger partial charge in [0.15, 0.2) is 0 Å². The molecule has 6 nitrogen and oxygen atoms in total. The molecule has 0 aromatic carbocycles. The van der Waals surface area contributed by atoms with Crippen molar-refractivity contribution in [3.05, 3.63) is 28.6 Å². The Kier molecular flexibility index (Phi) is 4.92. The Labute approximate surface area is 122 Å². The molecule has 0 aliphatic carbocycles. The molecule has 3 N–H and O–H groups in total. The van der Waals surface area contributed by atoms with Gasteiger partial charge < -0.3 is 0 Å². The fourth-order valence-corrected chi connectivity index (χ4v) is 2.16. The summed E-state index contributed by atoms with van der Waals surface area (Å²) in [4.78, 5) is 18.9. The average molecular weight is 343 g/mol. The summed E-state index contributed by atoms with van der Waals surface area (Å²) in [7, 11) is 0. The zero-order valence-electron chi connectivity index (χ0n) is 10.2. The fourth-order valence-electron chi connectivity index (χ4n) is 1.30. The lowest BCUT2D eigenvalue weighted by molar-refractivity contribution is -0.361. The molecule has 2 aromatic rings. The van der Waals surface area contributed by atoms with Crippen LogP contribution in [0.1, 0.15) is 12.7 Å². The Hall–Kier alpha value is -1.41. The molecular formula is C11H13BrN5OS+. The van der Waals surface area contributed by atoms with Crippen LogP contribution < -0.4 is 10.3 Å². The highest BCUT2D eigenvalue weighted by Gasteiger charge is 2.12.